The highest BCUT2D eigenvalue weighted by atomic mass is 32.2. The molecule has 0 aromatic carbocycles. The lowest BCUT2D eigenvalue weighted by Gasteiger charge is -2.15. The summed E-state index contributed by atoms with van der Waals surface area (Å²) in [5, 5.41) is 5.64. The van der Waals surface area contributed by atoms with Crippen LogP contribution in [0.4, 0.5) is 0 Å². The van der Waals surface area contributed by atoms with E-state index in [1.165, 1.54) is 15.6 Å². The van der Waals surface area contributed by atoms with Crippen LogP contribution in [0.5, 0.6) is 0 Å². The quantitative estimate of drug-likeness (QED) is 0.884. The van der Waals surface area contributed by atoms with E-state index >= 15 is 0 Å². The van der Waals surface area contributed by atoms with Crippen LogP contribution in [0.1, 0.15) is 10.4 Å². The van der Waals surface area contributed by atoms with Crippen LogP contribution in [-0.4, -0.2) is 29.6 Å². The Kier molecular flexibility index (Phi) is 4.04. The van der Waals surface area contributed by atoms with Gasteiger partial charge in [-0.25, -0.2) is 8.42 Å². The van der Waals surface area contributed by atoms with Crippen molar-refractivity contribution in [3.8, 4) is 0 Å². The Bertz CT molecular complexity index is 660. The van der Waals surface area contributed by atoms with Gasteiger partial charge >= 0.3 is 0 Å². The van der Waals surface area contributed by atoms with E-state index in [9.17, 15) is 8.42 Å². The van der Waals surface area contributed by atoms with Crippen LogP contribution < -0.4 is 5.73 Å². The minimum Gasteiger partial charge on any atom is -0.326 e. The van der Waals surface area contributed by atoms with Crippen LogP contribution in [-0.2, 0) is 30.2 Å². The first-order valence-corrected chi connectivity index (χ1v) is 7.97. The molecule has 2 aromatic heterocycles. The van der Waals surface area contributed by atoms with Gasteiger partial charge in [-0.05, 0) is 6.07 Å². The molecule has 2 aromatic rings. The Morgan fingerprint density at radius 3 is 2.79 bits per heavy atom. The monoisotopic (exact) mass is 300 g/mol. The van der Waals surface area contributed by atoms with Crippen molar-refractivity contribution >= 4 is 21.4 Å². The van der Waals surface area contributed by atoms with Crippen LogP contribution in [0.25, 0.3) is 0 Å². The van der Waals surface area contributed by atoms with Crippen molar-refractivity contribution in [2.75, 3.05) is 7.05 Å². The zero-order valence-corrected chi connectivity index (χ0v) is 12.4. The van der Waals surface area contributed by atoms with Gasteiger partial charge in [0.25, 0.3) is 0 Å². The van der Waals surface area contributed by atoms with Gasteiger partial charge in [-0.15, -0.1) is 11.3 Å². The van der Waals surface area contributed by atoms with Crippen LogP contribution in [0.2, 0.25) is 0 Å². The summed E-state index contributed by atoms with van der Waals surface area (Å²) in [4.78, 5) is 1.15. The summed E-state index contributed by atoms with van der Waals surface area (Å²) in [5.74, 6) is 0. The molecule has 0 unspecified atom stereocenters. The van der Waals surface area contributed by atoms with Gasteiger partial charge in [-0.2, -0.15) is 9.40 Å². The average Bonchev–Trinajstić information content (AvgIpc) is 2.98. The van der Waals surface area contributed by atoms with E-state index in [4.69, 9.17) is 5.73 Å². The maximum Gasteiger partial charge on any atom is 0.243 e. The smallest absolute Gasteiger partial charge is 0.243 e. The molecule has 0 aliphatic rings. The number of thiophene rings is 1. The molecule has 0 saturated heterocycles. The number of sulfonamides is 1. The van der Waals surface area contributed by atoms with Crippen molar-refractivity contribution in [2.24, 2.45) is 12.8 Å². The molecule has 8 heteroatoms. The molecule has 19 heavy (non-hydrogen) atoms. The molecule has 0 aliphatic carbocycles. The minimum absolute atomic E-state index is 0.296. The molecule has 0 amide bonds. The van der Waals surface area contributed by atoms with E-state index in [1.807, 2.05) is 0 Å². The zero-order valence-electron chi connectivity index (χ0n) is 10.8. The minimum atomic E-state index is -3.47. The van der Waals surface area contributed by atoms with E-state index in [0.29, 0.717) is 18.0 Å². The van der Waals surface area contributed by atoms with Crippen molar-refractivity contribution in [1.82, 2.24) is 14.1 Å². The number of rotatable bonds is 5. The normalized spacial score (nSPS) is 12.2. The molecule has 0 saturated carbocycles. The Hall–Kier alpha value is -1.22. The third-order valence-corrected chi connectivity index (χ3v) is 5.59. The average molecular weight is 300 g/mol. The molecule has 6 nitrogen and oxygen atoms in total. The first kappa shape index (κ1) is 14.2. The van der Waals surface area contributed by atoms with Crippen molar-refractivity contribution in [3.63, 3.8) is 0 Å². The zero-order chi connectivity index (χ0) is 14.0. The topological polar surface area (TPSA) is 81.2 Å². The van der Waals surface area contributed by atoms with Crippen molar-refractivity contribution < 1.29 is 8.42 Å². The second-order valence-corrected chi connectivity index (χ2v) is 7.28. The van der Waals surface area contributed by atoms with E-state index in [2.05, 4.69) is 5.10 Å². The highest BCUT2D eigenvalue weighted by molar-refractivity contribution is 7.89. The Balaban J connectivity index is 2.19. The highest BCUT2D eigenvalue weighted by Gasteiger charge is 2.22. The van der Waals surface area contributed by atoms with E-state index in [1.54, 1.807) is 42.6 Å². The fraction of sp³-hybridized carbons (Fsp3) is 0.364. The number of hydrogen-bond donors (Lipinski definition) is 1. The molecule has 0 spiro atoms. The van der Waals surface area contributed by atoms with Crippen molar-refractivity contribution in [1.29, 1.82) is 0 Å². The van der Waals surface area contributed by atoms with Crippen LogP contribution in [0.3, 0.4) is 0 Å². The molecule has 2 heterocycles. The molecule has 0 fully saturated rings. The Morgan fingerprint density at radius 2 is 2.26 bits per heavy atom. The van der Waals surface area contributed by atoms with Gasteiger partial charge < -0.3 is 5.73 Å². The van der Waals surface area contributed by atoms with E-state index in [-0.39, 0.29) is 0 Å². The molecule has 0 atom stereocenters. The number of nitrogens with two attached hydrogens (primary N) is 1. The van der Waals surface area contributed by atoms with E-state index < -0.39 is 10.0 Å². The Morgan fingerprint density at radius 1 is 1.53 bits per heavy atom. The van der Waals surface area contributed by atoms with Gasteiger partial charge in [-0.1, -0.05) is 0 Å². The molecule has 104 valence electrons. The van der Waals surface area contributed by atoms with Crippen molar-refractivity contribution in [2.45, 2.75) is 18.0 Å². The molecular formula is C11H16N4O2S2. The summed E-state index contributed by atoms with van der Waals surface area (Å²) in [6, 6.07) is 1.62. The van der Waals surface area contributed by atoms with Gasteiger partial charge in [0.15, 0.2) is 0 Å². The summed E-state index contributed by atoms with van der Waals surface area (Å²) in [6.07, 6.45) is 3.45. The number of aryl methyl sites for hydroxylation is 1. The van der Waals surface area contributed by atoms with Crippen LogP contribution in [0, 0.1) is 0 Å². The fourth-order valence-electron chi connectivity index (χ4n) is 1.68. The molecule has 0 radical (unpaired) electrons. The molecule has 0 aliphatic heterocycles. The maximum atomic E-state index is 12.3. The largest absolute Gasteiger partial charge is 0.326 e. The predicted octanol–water partition coefficient (Wildman–Crippen LogP) is 0.761. The van der Waals surface area contributed by atoms with Crippen molar-refractivity contribution in [3.05, 3.63) is 34.3 Å². The lowest BCUT2D eigenvalue weighted by Crippen LogP contribution is -2.26. The number of nitrogens with zero attached hydrogens (tertiary/aromatic N) is 3. The molecular weight excluding hydrogens is 284 g/mol. The van der Waals surface area contributed by atoms with Gasteiger partial charge in [-0.3, -0.25) is 4.68 Å². The molecule has 2 rings (SSSR count). The van der Waals surface area contributed by atoms with Crippen LogP contribution >= 0.6 is 11.3 Å². The predicted molar refractivity (Wildman–Crippen MR) is 74.1 cm³/mol. The lowest BCUT2D eigenvalue weighted by atomic mass is 10.4. The third kappa shape index (κ3) is 3.03. The van der Waals surface area contributed by atoms with E-state index in [0.717, 1.165) is 10.4 Å². The molecule has 2 N–H and O–H groups in total. The second kappa shape index (κ2) is 5.41. The SMILES string of the molecule is CN(Cc1cnn(C)c1)S(=O)(=O)c1csc(CN)c1. The summed E-state index contributed by atoms with van der Waals surface area (Å²) < 4.78 is 27.6. The summed E-state index contributed by atoms with van der Waals surface area (Å²) >= 11 is 1.36. The van der Waals surface area contributed by atoms with Crippen LogP contribution in [0.15, 0.2) is 28.7 Å². The lowest BCUT2D eigenvalue weighted by molar-refractivity contribution is 0.467. The third-order valence-electron chi connectivity index (χ3n) is 2.70. The summed E-state index contributed by atoms with van der Waals surface area (Å²) in [6.45, 7) is 0.649. The highest BCUT2D eigenvalue weighted by Crippen LogP contribution is 2.22. The second-order valence-electron chi connectivity index (χ2n) is 4.24. The Labute approximate surface area is 116 Å². The number of hydrogen-bond acceptors (Lipinski definition) is 5. The summed E-state index contributed by atoms with van der Waals surface area (Å²) in [5.41, 5.74) is 6.35. The standard InChI is InChI=1S/C11H16N4O2S2/c1-14-6-9(5-13-14)7-15(2)19(16,17)11-3-10(4-12)18-8-11/h3,5-6,8H,4,7,12H2,1-2H3. The van der Waals surface area contributed by atoms with Gasteiger partial charge in [0, 0.05) is 49.2 Å². The first-order valence-electron chi connectivity index (χ1n) is 5.65. The summed E-state index contributed by atoms with van der Waals surface area (Å²) in [7, 11) is -0.112. The van der Waals surface area contributed by atoms with Gasteiger partial charge in [0.05, 0.1) is 11.1 Å². The van der Waals surface area contributed by atoms with Gasteiger partial charge in [0.1, 0.15) is 0 Å². The number of aromatic nitrogens is 2. The van der Waals surface area contributed by atoms with Gasteiger partial charge in [0.2, 0.25) is 10.0 Å². The molecule has 0 bridgehead atoms. The first-order chi connectivity index (χ1) is 8.93. The maximum absolute atomic E-state index is 12.3. The fourth-order valence-corrected chi connectivity index (χ4v) is 3.98.